The van der Waals surface area contributed by atoms with E-state index in [1.54, 1.807) is 0 Å². The lowest BCUT2D eigenvalue weighted by atomic mass is 9.91. The van der Waals surface area contributed by atoms with Crippen molar-refractivity contribution >= 4 is 5.69 Å². The van der Waals surface area contributed by atoms with Crippen molar-refractivity contribution < 1.29 is 0 Å². The van der Waals surface area contributed by atoms with Gasteiger partial charge < -0.3 is 10.2 Å². The Morgan fingerprint density at radius 3 is 2.65 bits per heavy atom. The van der Waals surface area contributed by atoms with Gasteiger partial charge in [-0.2, -0.15) is 0 Å². The van der Waals surface area contributed by atoms with Crippen LogP contribution in [0.1, 0.15) is 33.4 Å². The molecule has 1 aromatic rings. The van der Waals surface area contributed by atoms with Crippen LogP contribution in [-0.2, 0) is 5.41 Å². The highest BCUT2D eigenvalue weighted by molar-refractivity contribution is 5.46. The van der Waals surface area contributed by atoms with Crippen LogP contribution < -0.4 is 10.2 Å². The second-order valence-corrected chi connectivity index (χ2v) is 5.90. The molecule has 1 aliphatic rings. The predicted octanol–water partition coefficient (Wildman–Crippen LogP) is 2.18. The topological polar surface area (TPSA) is 28.2 Å². The summed E-state index contributed by atoms with van der Waals surface area (Å²) >= 11 is 0. The van der Waals surface area contributed by atoms with Gasteiger partial charge >= 0.3 is 0 Å². The standard InChI is InChI=1S/C14H23N3/c1-11-9-15-7-8-17(11)12-5-6-13(16-10-12)14(2,3)4/h5-6,10-11,15H,7-9H2,1-4H3/t11-/m1/s1. The molecule has 1 aliphatic heterocycles. The molecule has 1 atom stereocenters. The summed E-state index contributed by atoms with van der Waals surface area (Å²) in [7, 11) is 0. The Labute approximate surface area is 104 Å². The van der Waals surface area contributed by atoms with Crippen molar-refractivity contribution in [3.05, 3.63) is 24.0 Å². The molecule has 3 nitrogen and oxygen atoms in total. The first kappa shape index (κ1) is 12.4. The summed E-state index contributed by atoms with van der Waals surface area (Å²) in [6, 6.07) is 4.91. The SMILES string of the molecule is C[C@@H]1CNCCN1c1ccc(C(C)(C)C)nc1. The predicted molar refractivity (Wildman–Crippen MR) is 72.6 cm³/mol. The first-order chi connectivity index (χ1) is 7.98. The van der Waals surface area contributed by atoms with Crippen molar-refractivity contribution in [2.24, 2.45) is 0 Å². The quantitative estimate of drug-likeness (QED) is 0.806. The van der Waals surface area contributed by atoms with Crippen molar-refractivity contribution in [1.82, 2.24) is 10.3 Å². The average molecular weight is 233 g/mol. The largest absolute Gasteiger partial charge is 0.365 e. The van der Waals surface area contributed by atoms with Crippen molar-refractivity contribution in [2.45, 2.75) is 39.2 Å². The second-order valence-electron chi connectivity index (χ2n) is 5.90. The van der Waals surface area contributed by atoms with Crippen LogP contribution in [0.15, 0.2) is 18.3 Å². The Hall–Kier alpha value is -1.09. The van der Waals surface area contributed by atoms with Crippen LogP contribution in [0.4, 0.5) is 5.69 Å². The summed E-state index contributed by atoms with van der Waals surface area (Å²) in [5.74, 6) is 0. The summed E-state index contributed by atoms with van der Waals surface area (Å²) < 4.78 is 0. The van der Waals surface area contributed by atoms with Crippen molar-refractivity contribution in [2.75, 3.05) is 24.5 Å². The van der Waals surface area contributed by atoms with Crippen LogP contribution in [0, 0.1) is 0 Å². The van der Waals surface area contributed by atoms with E-state index in [4.69, 9.17) is 0 Å². The maximum atomic E-state index is 4.60. The Morgan fingerprint density at radius 2 is 2.12 bits per heavy atom. The molecular weight excluding hydrogens is 210 g/mol. The lowest BCUT2D eigenvalue weighted by Gasteiger charge is -2.35. The fourth-order valence-electron chi connectivity index (χ4n) is 2.22. The number of hydrogen-bond donors (Lipinski definition) is 1. The number of piperazine rings is 1. The smallest absolute Gasteiger partial charge is 0.0556 e. The molecular formula is C14H23N3. The Bertz CT molecular complexity index is 364. The molecule has 2 rings (SSSR count). The first-order valence-corrected chi connectivity index (χ1v) is 6.42. The van der Waals surface area contributed by atoms with Gasteiger partial charge in [0, 0.05) is 36.8 Å². The highest BCUT2D eigenvalue weighted by atomic mass is 15.2. The molecule has 0 aliphatic carbocycles. The second kappa shape index (κ2) is 4.65. The van der Waals surface area contributed by atoms with E-state index in [0.29, 0.717) is 6.04 Å². The zero-order chi connectivity index (χ0) is 12.5. The fraction of sp³-hybridized carbons (Fsp3) is 0.643. The Kier molecular flexibility index (Phi) is 3.38. The van der Waals surface area contributed by atoms with Gasteiger partial charge in [0.15, 0.2) is 0 Å². The molecule has 17 heavy (non-hydrogen) atoms. The van der Waals surface area contributed by atoms with Crippen LogP contribution >= 0.6 is 0 Å². The van der Waals surface area contributed by atoms with Crippen LogP contribution in [0.3, 0.4) is 0 Å². The highest BCUT2D eigenvalue weighted by Gasteiger charge is 2.20. The van der Waals surface area contributed by atoms with Crippen LogP contribution in [0.2, 0.25) is 0 Å². The van der Waals surface area contributed by atoms with Crippen LogP contribution in [-0.4, -0.2) is 30.7 Å². The van der Waals surface area contributed by atoms with Crippen molar-refractivity contribution in [3.8, 4) is 0 Å². The molecule has 2 heterocycles. The van der Waals surface area contributed by atoms with Gasteiger partial charge in [-0.05, 0) is 19.1 Å². The van der Waals surface area contributed by atoms with E-state index in [9.17, 15) is 0 Å². The first-order valence-electron chi connectivity index (χ1n) is 6.42. The van der Waals surface area contributed by atoms with Gasteiger partial charge in [0.2, 0.25) is 0 Å². The zero-order valence-corrected chi connectivity index (χ0v) is 11.3. The molecule has 0 bridgehead atoms. The average Bonchev–Trinajstić information content (AvgIpc) is 2.29. The minimum absolute atomic E-state index is 0.133. The van der Waals surface area contributed by atoms with E-state index >= 15 is 0 Å². The summed E-state index contributed by atoms with van der Waals surface area (Å²) in [6.45, 7) is 12.0. The maximum absolute atomic E-state index is 4.60. The van der Waals surface area contributed by atoms with Crippen molar-refractivity contribution in [1.29, 1.82) is 0 Å². The molecule has 0 aromatic carbocycles. The molecule has 1 N–H and O–H groups in total. The lowest BCUT2D eigenvalue weighted by Crippen LogP contribution is -2.50. The third kappa shape index (κ3) is 2.78. The molecule has 0 saturated carbocycles. The molecule has 1 aromatic heterocycles. The molecule has 0 unspecified atom stereocenters. The lowest BCUT2D eigenvalue weighted by molar-refractivity contribution is 0.499. The summed E-state index contributed by atoms with van der Waals surface area (Å²) in [5.41, 5.74) is 2.53. The van der Waals surface area contributed by atoms with E-state index in [-0.39, 0.29) is 5.41 Å². The van der Waals surface area contributed by atoms with Crippen LogP contribution in [0.5, 0.6) is 0 Å². The van der Waals surface area contributed by atoms with Crippen LogP contribution in [0.25, 0.3) is 0 Å². The molecule has 0 spiro atoms. The third-order valence-electron chi connectivity index (χ3n) is 3.35. The third-order valence-corrected chi connectivity index (χ3v) is 3.35. The number of aromatic nitrogens is 1. The molecule has 1 fully saturated rings. The number of pyridine rings is 1. The normalized spacial score (nSPS) is 21.6. The number of anilines is 1. The summed E-state index contributed by atoms with van der Waals surface area (Å²) in [4.78, 5) is 7.02. The summed E-state index contributed by atoms with van der Waals surface area (Å²) in [5, 5.41) is 3.41. The molecule has 94 valence electrons. The summed E-state index contributed by atoms with van der Waals surface area (Å²) in [6.07, 6.45) is 2.02. The van der Waals surface area contributed by atoms with E-state index < -0.39 is 0 Å². The number of nitrogens with one attached hydrogen (secondary N) is 1. The molecule has 0 amide bonds. The Morgan fingerprint density at radius 1 is 1.35 bits per heavy atom. The fourth-order valence-corrected chi connectivity index (χ4v) is 2.22. The Balaban J connectivity index is 2.17. The maximum Gasteiger partial charge on any atom is 0.0556 e. The highest BCUT2D eigenvalue weighted by Crippen LogP contribution is 2.23. The van der Waals surface area contributed by atoms with Gasteiger partial charge in [0.05, 0.1) is 11.9 Å². The number of nitrogens with zero attached hydrogens (tertiary/aromatic N) is 2. The van der Waals surface area contributed by atoms with Crippen molar-refractivity contribution in [3.63, 3.8) is 0 Å². The van der Waals surface area contributed by atoms with Gasteiger partial charge in [0.25, 0.3) is 0 Å². The van der Waals surface area contributed by atoms with E-state index in [2.05, 4.69) is 55.0 Å². The number of hydrogen-bond acceptors (Lipinski definition) is 3. The van der Waals surface area contributed by atoms with Gasteiger partial charge in [-0.15, -0.1) is 0 Å². The minimum Gasteiger partial charge on any atom is -0.365 e. The molecule has 1 saturated heterocycles. The van der Waals surface area contributed by atoms with E-state index in [1.165, 1.54) is 5.69 Å². The van der Waals surface area contributed by atoms with Gasteiger partial charge in [-0.25, -0.2) is 0 Å². The van der Waals surface area contributed by atoms with Gasteiger partial charge in [0.1, 0.15) is 0 Å². The van der Waals surface area contributed by atoms with E-state index in [0.717, 1.165) is 25.3 Å². The molecule has 0 radical (unpaired) electrons. The minimum atomic E-state index is 0.133. The van der Waals surface area contributed by atoms with Gasteiger partial charge in [-0.3, -0.25) is 4.98 Å². The monoisotopic (exact) mass is 233 g/mol. The number of rotatable bonds is 1. The molecule has 3 heteroatoms. The van der Waals surface area contributed by atoms with Gasteiger partial charge in [-0.1, -0.05) is 20.8 Å². The van der Waals surface area contributed by atoms with E-state index in [1.807, 2.05) is 6.20 Å². The zero-order valence-electron chi connectivity index (χ0n) is 11.3.